The van der Waals surface area contributed by atoms with Gasteiger partial charge in [-0.25, -0.2) is 15.0 Å². The number of ether oxygens (including phenoxy) is 2. The van der Waals surface area contributed by atoms with Gasteiger partial charge in [0.25, 0.3) is 0 Å². The molecule has 1 fully saturated rings. The van der Waals surface area contributed by atoms with Crippen LogP contribution in [0.5, 0.6) is 5.88 Å². The Morgan fingerprint density at radius 1 is 1.13 bits per heavy atom. The Morgan fingerprint density at radius 3 is 2.68 bits per heavy atom. The summed E-state index contributed by atoms with van der Waals surface area (Å²) < 4.78 is 11.3. The zero-order chi connectivity index (χ0) is 21.8. The van der Waals surface area contributed by atoms with Gasteiger partial charge >= 0.3 is 0 Å². The number of nitrogens with one attached hydrogen (secondary N) is 1. The van der Waals surface area contributed by atoms with Gasteiger partial charge in [-0.3, -0.25) is 0 Å². The van der Waals surface area contributed by atoms with Crippen LogP contribution in [-0.2, 0) is 16.9 Å². The smallest absolute Gasteiger partial charge is 0.222 e. The maximum absolute atomic E-state index is 6.76. The number of hydrogen-bond acceptors (Lipinski definition) is 7. The lowest BCUT2D eigenvalue weighted by molar-refractivity contribution is 0.0226. The average molecular weight is 420 g/mol. The molecule has 0 amide bonds. The van der Waals surface area contributed by atoms with Gasteiger partial charge < -0.3 is 20.5 Å². The van der Waals surface area contributed by atoms with Crippen LogP contribution in [-0.4, -0.2) is 28.2 Å². The SMILES string of the molecule is COc1ncc([C@](C)(N)C2CC2)c2cc(Nc3ccc4c(n3)[C@@H](C)[C@H](C)OC4)ncc12. The predicted octanol–water partition coefficient (Wildman–Crippen LogP) is 4.38. The maximum Gasteiger partial charge on any atom is 0.222 e. The third kappa shape index (κ3) is 3.51. The highest BCUT2D eigenvalue weighted by atomic mass is 16.5. The molecule has 1 aliphatic heterocycles. The molecule has 7 heteroatoms. The van der Waals surface area contributed by atoms with Crippen molar-refractivity contribution in [3.63, 3.8) is 0 Å². The van der Waals surface area contributed by atoms with E-state index in [1.165, 1.54) is 0 Å². The van der Waals surface area contributed by atoms with Crippen molar-refractivity contribution in [2.45, 2.75) is 57.8 Å². The molecule has 4 heterocycles. The lowest BCUT2D eigenvalue weighted by atomic mass is 9.86. The van der Waals surface area contributed by atoms with E-state index in [0.29, 0.717) is 24.2 Å². The number of anilines is 2. The fraction of sp³-hybridized carbons (Fsp3) is 0.458. The molecule has 3 aromatic heterocycles. The van der Waals surface area contributed by atoms with E-state index in [9.17, 15) is 0 Å². The van der Waals surface area contributed by atoms with Crippen LogP contribution in [0.2, 0.25) is 0 Å². The molecule has 0 unspecified atom stereocenters. The number of nitrogens with zero attached hydrogens (tertiary/aromatic N) is 3. The summed E-state index contributed by atoms with van der Waals surface area (Å²) in [4.78, 5) is 14.0. The number of fused-ring (bicyclic) bond motifs is 2. The second-order valence-electron chi connectivity index (χ2n) is 9.02. The standard InChI is InChI=1S/C24H29N5O2/c1-13-14(2)31-12-15-5-8-20(29-22(13)15)28-21-9-17-18(10-26-21)23(30-4)27-11-19(17)24(3,25)16-6-7-16/h5,8-11,13-14,16H,6-7,12,25H2,1-4H3,(H,26,28,29)/t13-,14-,24+/m0/s1. The number of rotatable bonds is 5. The van der Waals surface area contributed by atoms with Gasteiger partial charge in [0.05, 0.1) is 30.9 Å². The quantitative estimate of drug-likeness (QED) is 0.633. The molecule has 0 radical (unpaired) electrons. The summed E-state index contributed by atoms with van der Waals surface area (Å²) in [7, 11) is 1.62. The van der Waals surface area contributed by atoms with Gasteiger partial charge in [-0.05, 0) is 61.3 Å². The highest BCUT2D eigenvalue weighted by Gasteiger charge is 2.41. The lowest BCUT2D eigenvalue weighted by Crippen LogP contribution is -2.35. The Morgan fingerprint density at radius 2 is 1.94 bits per heavy atom. The van der Waals surface area contributed by atoms with E-state index in [2.05, 4.69) is 42.1 Å². The average Bonchev–Trinajstić information content (AvgIpc) is 3.62. The normalized spacial score (nSPS) is 22.6. The number of nitrogens with two attached hydrogens (primary N) is 1. The van der Waals surface area contributed by atoms with Crippen molar-refractivity contribution in [1.29, 1.82) is 0 Å². The fourth-order valence-electron chi connectivity index (χ4n) is 4.48. The maximum atomic E-state index is 6.76. The molecule has 0 spiro atoms. The molecule has 162 valence electrons. The topological polar surface area (TPSA) is 95.2 Å². The van der Waals surface area contributed by atoms with Gasteiger partial charge in [0.15, 0.2) is 0 Å². The van der Waals surface area contributed by atoms with Gasteiger partial charge in [-0.1, -0.05) is 13.0 Å². The van der Waals surface area contributed by atoms with Crippen LogP contribution in [0.3, 0.4) is 0 Å². The van der Waals surface area contributed by atoms with Crippen LogP contribution in [0.1, 0.15) is 56.4 Å². The summed E-state index contributed by atoms with van der Waals surface area (Å²) in [5.74, 6) is 2.76. The zero-order valence-corrected chi connectivity index (χ0v) is 18.5. The molecule has 5 rings (SSSR count). The van der Waals surface area contributed by atoms with Crippen molar-refractivity contribution >= 4 is 22.4 Å². The van der Waals surface area contributed by atoms with Crippen LogP contribution in [0, 0.1) is 5.92 Å². The Kier molecular flexibility index (Phi) is 4.83. The fourth-order valence-corrected chi connectivity index (χ4v) is 4.48. The summed E-state index contributed by atoms with van der Waals surface area (Å²) in [5, 5.41) is 5.25. The minimum Gasteiger partial charge on any atom is -0.481 e. The molecule has 1 aliphatic carbocycles. The second kappa shape index (κ2) is 7.43. The highest BCUT2D eigenvalue weighted by Crippen LogP contribution is 2.46. The summed E-state index contributed by atoms with van der Waals surface area (Å²) in [5.41, 5.74) is 9.57. The highest BCUT2D eigenvalue weighted by molar-refractivity contribution is 5.91. The largest absolute Gasteiger partial charge is 0.481 e. The molecule has 3 atom stereocenters. The Balaban J connectivity index is 1.54. The summed E-state index contributed by atoms with van der Waals surface area (Å²) >= 11 is 0. The zero-order valence-electron chi connectivity index (χ0n) is 18.5. The molecule has 3 N–H and O–H groups in total. The van der Waals surface area contributed by atoms with Crippen LogP contribution >= 0.6 is 0 Å². The van der Waals surface area contributed by atoms with Crippen LogP contribution in [0.25, 0.3) is 10.8 Å². The number of pyridine rings is 3. The number of hydrogen-bond donors (Lipinski definition) is 2. The van der Waals surface area contributed by atoms with Crippen molar-refractivity contribution in [2.75, 3.05) is 12.4 Å². The minimum absolute atomic E-state index is 0.154. The van der Waals surface area contributed by atoms with Crippen molar-refractivity contribution in [1.82, 2.24) is 15.0 Å². The van der Waals surface area contributed by atoms with Gasteiger partial charge in [-0.2, -0.15) is 0 Å². The van der Waals surface area contributed by atoms with Gasteiger partial charge in [-0.15, -0.1) is 0 Å². The Bertz CT molecular complexity index is 1140. The van der Waals surface area contributed by atoms with E-state index in [0.717, 1.165) is 46.3 Å². The molecule has 31 heavy (non-hydrogen) atoms. The van der Waals surface area contributed by atoms with Crippen molar-refractivity contribution in [2.24, 2.45) is 11.7 Å². The molecule has 7 nitrogen and oxygen atoms in total. The van der Waals surface area contributed by atoms with E-state index in [1.807, 2.05) is 18.3 Å². The van der Waals surface area contributed by atoms with E-state index < -0.39 is 5.54 Å². The Hall–Kier alpha value is -2.77. The summed E-state index contributed by atoms with van der Waals surface area (Å²) in [6.07, 6.45) is 6.10. The van der Waals surface area contributed by atoms with Crippen LogP contribution in [0.15, 0.2) is 30.6 Å². The monoisotopic (exact) mass is 419 g/mol. The molecular weight excluding hydrogens is 390 g/mol. The molecule has 0 aromatic carbocycles. The van der Waals surface area contributed by atoms with Crippen molar-refractivity contribution in [3.8, 4) is 5.88 Å². The first-order valence-electron chi connectivity index (χ1n) is 10.9. The minimum atomic E-state index is -0.439. The molecule has 2 aliphatic rings. The molecule has 0 saturated heterocycles. The molecule has 1 saturated carbocycles. The summed E-state index contributed by atoms with van der Waals surface area (Å²) in [6, 6.07) is 6.08. The number of methoxy groups -OCH3 is 1. The van der Waals surface area contributed by atoms with E-state index in [4.69, 9.17) is 20.2 Å². The van der Waals surface area contributed by atoms with Gasteiger partial charge in [0, 0.05) is 23.9 Å². The van der Waals surface area contributed by atoms with Crippen molar-refractivity contribution < 1.29 is 9.47 Å². The molecule has 0 bridgehead atoms. The van der Waals surface area contributed by atoms with E-state index in [1.54, 1.807) is 13.3 Å². The molecular formula is C24H29N5O2. The lowest BCUT2D eigenvalue weighted by Gasteiger charge is -2.28. The first kappa shape index (κ1) is 20.2. The van der Waals surface area contributed by atoms with Crippen molar-refractivity contribution in [3.05, 3.63) is 47.4 Å². The molecule has 3 aromatic rings. The Labute approximate surface area is 182 Å². The van der Waals surface area contributed by atoms with Gasteiger partial charge in [0.2, 0.25) is 5.88 Å². The first-order valence-corrected chi connectivity index (χ1v) is 10.9. The summed E-state index contributed by atoms with van der Waals surface area (Å²) in [6.45, 7) is 6.94. The first-order chi connectivity index (χ1) is 14.9. The predicted molar refractivity (Wildman–Crippen MR) is 121 cm³/mol. The third-order valence-corrected chi connectivity index (χ3v) is 6.84. The third-order valence-electron chi connectivity index (χ3n) is 6.84. The van der Waals surface area contributed by atoms with Gasteiger partial charge in [0.1, 0.15) is 11.6 Å². The second-order valence-corrected chi connectivity index (χ2v) is 9.02. The van der Waals surface area contributed by atoms with E-state index in [-0.39, 0.29) is 12.0 Å². The van der Waals surface area contributed by atoms with E-state index >= 15 is 0 Å². The van der Waals surface area contributed by atoms with Crippen LogP contribution < -0.4 is 15.8 Å². The van der Waals surface area contributed by atoms with Crippen LogP contribution in [0.4, 0.5) is 11.6 Å². The number of aromatic nitrogens is 3.